The van der Waals surface area contributed by atoms with Crippen LogP contribution in [0.5, 0.6) is 0 Å². The summed E-state index contributed by atoms with van der Waals surface area (Å²) in [4.78, 5) is 2.80. The quantitative estimate of drug-likeness (QED) is 0.716. The number of fused-ring (bicyclic) bond motifs is 1. The Balaban J connectivity index is 1.61. The topological polar surface area (TPSA) is 15.3 Å². The van der Waals surface area contributed by atoms with Crippen LogP contribution in [-0.4, -0.2) is 36.6 Å². The SMILES string of the molecule is CC(C)NCCCCN1CCCC2CCCC21. The van der Waals surface area contributed by atoms with Crippen molar-refractivity contribution < 1.29 is 0 Å². The van der Waals surface area contributed by atoms with Crippen molar-refractivity contribution in [2.75, 3.05) is 19.6 Å². The molecule has 1 aliphatic heterocycles. The fraction of sp³-hybridized carbons (Fsp3) is 1.00. The minimum atomic E-state index is 0.643. The monoisotopic (exact) mass is 238 g/mol. The van der Waals surface area contributed by atoms with Gasteiger partial charge < -0.3 is 10.2 Å². The zero-order valence-corrected chi connectivity index (χ0v) is 11.8. The highest BCUT2D eigenvalue weighted by Gasteiger charge is 2.34. The zero-order chi connectivity index (χ0) is 12.1. The first-order chi connectivity index (χ1) is 8.27. The second kappa shape index (κ2) is 6.75. The molecule has 100 valence electrons. The first-order valence-corrected chi connectivity index (χ1v) is 7.75. The Bertz CT molecular complexity index is 215. The maximum Gasteiger partial charge on any atom is 0.0123 e. The van der Waals surface area contributed by atoms with E-state index in [1.807, 2.05) is 0 Å². The lowest BCUT2D eigenvalue weighted by Gasteiger charge is -2.37. The Labute approximate surface area is 107 Å². The summed E-state index contributed by atoms with van der Waals surface area (Å²) < 4.78 is 0. The summed E-state index contributed by atoms with van der Waals surface area (Å²) in [6, 6.07) is 1.60. The number of unbranched alkanes of at least 4 members (excludes halogenated alkanes) is 1. The van der Waals surface area contributed by atoms with Crippen LogP contribution in [0.4, 0.5) is 0 Å². The van der Waals surface area contributed by atoms with E-state index in [2.05, 4.69) is 24.1 Å². The number of nitrogens with zero attached hydrogens (tertiary/aromatic N) is 1. The van der Waals surface area contributed by atoms with Crippen molar-refractivity contribution in [1.29, 1.82) is 0 Å². The van der Waals surface area contributed by atoms with Crippen molar-refractivity contribution in [3.63, 3.8) is 0 Å². The third kappa shape index (κ3) is 3.96. The van der Waals surface area contributed by atoms with Crippen LogP contribution in [0.15, 0.2) is 0 Å². The molecule has 0 amide bonds. The van der Waals surface area contributed by atoms with Gasteiger partial charge in [0.05, 0.1) is 0 Å². The zero-order valence-electron chi connectivity index (χ0n) is 11.8. The van der Waals surface area contributed by atoms with E-state index in [0.717, 1.165) is 12.0 Å². The lowest BCUT2D eigenvalue weighted by atomic mass is 9.92. The fourth-order valence-corrected chi connectivity index (χ4v) is 3.67. The van der Waals surface area contributed by atoms with Crippen molar-refractivity contribution in [1.82, 2.24) is 10.2 Å². The summed E-state index contributed by atoms with van der Waals surface area (Å²) in [7, 11) is 0. The first kappa shape index (κ1) is 13.4. The largest absolute Gasteiger partial charge is 0.315 e. The number of likely N-dealkylation sites (tertiary alicyclic amines) is 1. The van der Waals surface area contributed by atoms with Crippen LogP contribution in [0, 0.1) is 5.92 Å². The molecule has 1 saturated carbocycles. The molecular formula is C15H30N2. The average molecular weight is 238 g/mol. The molecule has 2 nitrogen and oxygen atoms in total. The summed E-state index contributed by atoms with van der Waals surface area (Å²) in [6.07, 6.45) is 10.2. The Morgan fingerprint density at radius 1 is 1.12 bits per heavy atom. The molecule has 1 N–H and O–H groups in total. The maximum atomic E-state index is 3.51. The molecule has 0 spiro atoms. The Morgan fingerprint density at radius 3 is 2.76 bits per heavy atom. The van der Waals surface area contributed by atoms with Gasteiger partial charge in [0.25, 0.3) is 0 Å². The highest BCUT2D eigenvalue weighted by Crippen LogP contribution is 2.36. The molecule has 1 aliphatic carbocycles. The van der Waals surface area contributed by atoms with Gasteiger partial charge in [-0.05, 0) is 64.1 Å². The van der Waals surface area contributed by atoms with Crippen LogP contribution in [-0.2, 0) is 0 Å². The molecule has 1 saturated heterocycles. The minimum absolute atomic E-state index is 0.643. The van der Waals surface area contributed by atoms with Gasteiger partial charge in [-0.25, -0.2) is 0 Å². The summed E-state index contributed by atoms with van der Waals surface area (Å²) in [5.41, 5.74) is 0. The molecule has 0 aromatic rings. The Kier molecular flexibility index (Phi) is 5.30. The van der Waals surface area contributed by atoms with E-state index in [9.17, 15) is 0 Å². The number of rotatable bonds is 6. The van der Waals surface area contributed by atoms with Crippen LogP contribution in [0.1, 0.15) is 58.8 Å². The molecule has 0 bridgehead atoms. The molecule has 0 aromatic heterocycles. The summed E-state index contributed by atoms with van der Waals surface area (Å²) in [5.74, 6) is 1.05. The van der Waals surface area contributed by atoms with E-state index in [-0.39, 0.29) is 0 Å². The van der Waals surface area contributed by atoms with Gasteiger partial charge in [0.15, 0.2) is 0 Å². The van der Waals surface area contributed by atoms with E-state index in [4.69, 9.17) is 0 Å². The van der Waals surface area contributed by atoms with E-state index in [1.165, 1.54) is 64.6 Å². The van der Waals surface area contributed by atoms with E-state index < -0.39 is 0 Å². The highest BCUT2D eigenvalue weighted by atomic mass is 15.2. The molecule has 2 aliphatic rings. The second-order valence-electron chi connectivity index (χ2n) is 6.25. The third-order valence-corrected chi connectivity index (χ3v) is 4.53. The lowest BCUT2D eigenvalue weighted by molar-refractivity contribution is 0.111. The fourth-order valence-electron chi connectivity index (χ4n) is 3.67. The molecule has 1 heterocycles. The van der Waals surface area contributed by atoms with Crippen molar-refractivity contribution in [3.8, 4) is 0 Å². The van der Waals surface area contributed by atoms with Gasteiger partial charge in [0.1, 0.15) is 0 Å². The molecular weight excluding hydrogens is 208 g/mol. The maximum absolute atomic E-state index is 3.51. The van der Waals surface area contributed by atoms with Crippen molar-refractivity contribution >= 4 is 0 Å². The lowest BCUT2D eigenvalue weighted by Crippen LogP contribution is -2.43. The van der Waals surface area contributed by atoms with Gasteiger partial charge in [-0.15, -0.1) is 0 Å². The van der Waals surface area contributed by atoms with Crippen LogP contribution >= 0.6 is 0 Å². The van der Waals surface area contributed by atoms with Gasteiger partial charge in [0, 0.05) is 12.1 Å². The summed E-state index contributed by atoms with van der Waals surface area (Å²) in [5, 5.41) is 3.51. The normalized spacial score (nSPS) is 29.8. The molecule has 2 heteroatoms. The van der Waals surface area contributed by atoms with Gasteiger partial charge in [0.2, 0.25) is 0 Å². The molecule has 0 aromatic carbocycles. The van der Waals surface area contributed by atoms with Crippen LogP contribution in [0.25, 0.3) is 0 Å². The molecule has 2 unspecified atom stereocenters. The first-order valence-electron chi connectivity index (χ1n) is 7.75. The summed E-state index contributed by atoms with van der Waals surface area (Å²) in [6.45, 7) is 8.38. The molecule has 2 rings (SSSR count). The Hall–Kier alpha value is -0.0800. The molecule has 17 heavy (non-hydrogen) atoms. The van der Waals surface area contributed by atoms with Crippen LogP contribution in [0.2, 0.25) is 0 Å². The smallest absolute Gasteiger partial charge is 0.0123 e. The van der Waals surface area contributed by atoms with Gasteiger partial charge >= 0.3 is 0 Å². The number of hydrogen-bond donors (Lipinski definition) is 1. The van der Waals surface area contributed by atoms with Crippen molar-refractivity contribution in [3.05, 3.63) is 0 Å². The van der Waals surface area contributed by atoms with E-state index in [0.29, 0.717) is 6.04 Å². The second-order valence-corrected chi connectivity index (χ2v) is 6.25. The van der Waals surface area contributed by atoms with Crippen LogP contribution in [0.3, 0.4) is 0 Å². The standard InChI is InChI=1S/C15H30N2/c1-13(2)16-10-3-4-11-17-12-6-8-14-7-5-9-15(14)17/h13-16H,3-12H2,1-2H3. The number of hydrogen-bond acceptors (Lipinski definition) is 2. The van der Waals surface area contributed by atoms with Crippen molar-refractivity contribution in [2.24, 2.45) is 5.92 Å². The minimum Gasteiger partial charge on any atom is -0.315 e. The molecule has 0 radical (unpaired) electrons. The van der Waals surface area contributed by atoms with Gasteiger partial charge in [-0.1, -0.05) is 20.3 Å². The average Bonchev–Trinajstić information content (AvgIpc) is 2.77. The van der Waals surface area contributed by atoms with Crippen molar-refractivity contribution in [2.45, 2.75) is 70.9 Å². The third-order valence-electron chi connectivity index (χ3n) is 4.53. The van der Waals surface area contributed by atoms with Gasteiger partial charge in [-0.3, -0.25) is 0 Å². The van der Waals surface area contributed by atoms with Crippen LogP contribution < -0.4 is 5.32 Å². The van der Waals surface area contributed by atoms with E-state index >= 15 is 0 Å². The number of piperidine rings is 1. The number of nitrogens with one attached hydrogen (secondary N) is 1. The predicted octanol–water partition coefficient (Wildman–Crippen LogP) is 3.03. The summed E-state index contributed by atoms with van der Waals surface area (Å²) >= 11 is 0. The highest BCUT2D eigenvalue weighted by molar-refractivity contribution is 4.88. The Morgan fingerprint density at radius 2 is 1.94 bits per heavy atom. The molecule has 2 fully saturated rings. The van der Waals surface area contributed by atoms with Gasteiger partial charge in [-0.2, -0.15) is 0 Å². The molecule has 2 atom stereocenters. The predicted molar refractivity (Wildman–Crippen MR) is 74.3 cm³/mol. The van der Waals surface area contributed by atoms with E-state index in [1.54, 1.807) is 0 Å².